The highest BCUT2D eigenvalue weighted by Gasteiger charge is 2.38. The van der Waals surface area contributed by atoms with Crippen molar-refractivity contribution in [2.75, 3.05) is 13.2 Å². The van der Waals surface area contributed by atoms with E-state index in [1.54, 1.807) is 12.1 Å². The standard InChI is InChI=1S/C33H43Cl2N3O5/c1-33(2,23-11-8-12-24(34)19-23)29(26-13-6-7-14-27(26)35)43-32(42)38-28(17-21-9-4-3-5-10-21)31(41)37-25(20-39)18-22-15-16-36-30(22)40/h6-8,11-14,19,21-22,25,28-29,39H,3-5,9-10,15-18,20H2,1-2H3,(H,36,40)(H,37,41)(H,38,42). The first kappa shape index (κ1) is 33.1. The summed E-state index contributed by atoms with van der Waals surface area (Å²) in [5.74, 6) is -0.456. The lowest BCUT2D eigenvalue weighted by Crippen LogP contribution is -2.52. The predicted molar refractivity (Wildman–Crippen MR) is 168 cm³/mol. The van der Waals surface area contributed by atoms with Crippen molar-refractivity contribution >= 4 is 41.1 Å². The average molecular weight is 633 g/mol. The van der Waals surface area contributed by atoms with Gasteiger partial charge in [-0.1, -0.05) is 99.5 Å². The van der Waals surface area contributed by atoms with Gasteiger partial charge in [0.05, 0.1) is 12.6 Å². The van der Waals surface area contributed by atoms with Crippen molar-refractivity contribution in [3.8, 4) is 0 Å². The van der Waals surface area contributed by atoms with Gasteiger partial charge in [-0.25, -0.2) is 4.79 Å². The lowest BCUT2D eigenvalue weighted by Gasteiger charge is -2.36. The van der Waals surface area contributed by atoms with Crippen LogP contribution in [0.2, 0.25) is 10.0 Å². The number of hydrogen-bond donors (Lipinski definition) is 4. The van der Waals surface area contributed by atoms with E-state index in [9.17, 15) is 19.5 Å². The van der Waals surface area contributed by atoms with Crippen LogP contribution >= 0.6 is 23.2 Å². The Morgan fingerprint density at radius 2 is 1.77 bits per heavy atom. The molecule has 4 atom stereocenters. The van der Waals surface area contributed by atoms with Gasteiger partial charge in [0.2, 0.25) is 11.8 Å². The molecule has 1 aliphatic carbocycles. The molecular weight excluding hydrogens is 589 g/mol. The first-order valence-corrected chi connectivity index (χ1v) is 16.0. The van der Waals surface area contributed by atoms with Gasteiger partial charge < -0.3 is 25.8 Å². The summed E-state index contributed by atoms with van der Waals surface area (Å²) < 4.78 is 6.14. The summed E-state index contributed by atoms with van der Waals surface area (Å²) in [4.78, 5) is 39.3. The minimum Gasteiger partial charge on any atom is -0.440 e. The highest BCUT2D eigenvalue weighted by atomic mass is 35.5. The summed E-state index contributed by atoms with van der Waals surface area (Å²) in [5, 5.41) is 19.6. The molecule has 2 aromatic carbocycles. The molecule has 4 unspecified atom stereocenters. The molecule has 2 aliphatic rings. The van der Waals surface area contributed by atoms with E-state index in [0.29, 0.717) is 41.4 Å². The van der Waals surface area contributed by atoms with Crippen LogP contribution in [0.25, 0.3) is 0 Å². The number of carbonyl (C=O) groups excluding carboxylic acids is 3. The van der Waals surface area contributed by atoms with Gasteiger partial charge in [-0.3, -0.25) is 9.59 Å². The van der Waals surface area contributed by atoms with Crippen LogP contribution in [0.3, 0.4) is 0 Å². The molecule has 4 rings (SSSR count). The summed E-state index contributed by atoms with van der Waals surface area (Å²) in [6, 6.07) is 13.1. The van der Waals surface area contributed by atoms with E-state index in [0.717, 1.165) is 37.7 Å². The topological polar surface area (TPSA) is 117 Å². The van der Waals surface area contributed by atoms with Gasteiger partial charge in [-0.05, 0) is 48.9 Å². The van der Waals surface area contributed by atoms with Crippen molar-refractivity contribution in [2.45, 2.75) is 88.8 Å². The largest absolute Gasteiger partial charge is 0.440 e. The summed E-state index contributed by atoms with van der Waals surface area (Å²) in [6.07, 6.45) is 5.20. The van der Waals surface area contributed by atoms with Crippen molar-refractivity contribution in [3.63, 3.8) is 0 Å². The first-order valence-electron chi connectivity index (χ1n) is 15.2. The lowest BCUT2D eigenvalue weighted by atomic mass is 9.76. The maximum atomic E-state index is 13.6. The maximum absolute atomic E-state index is 13.6. The van der Waals surface area contributed by atoms with E-state index in [1.807, 2.05) is 50.2 Å². The van der Waals surface area contributed by atoms with E-state index in [-0.39, 0.29) is 24.3 Å². The highest BCUT2D eigenvalue weighted by Crippen LogP contribution is 2.42. The number of halogens is 2. The average Bonchev–Trinajstić information content (AvgIpc) is 3.39. The number of rotatable bonds is 12. The van der Waals surface area contributed by atoms with Gasteiger partial charge in [-0.15, -0.1) is 0 Å². The van der Waals surface area contributed by atoms with Crippen LogP contribution in [0.5, 0.6) is 0 Å². The second kappa shape index (κ2) is 15.3. The molecule has 0 spiro atoms. The molecule has 3 amide bonds. The number of benzene rings is 2. The molecule has 0 radical (unpaired) electrons. The summed E-state index contributed by atoms with van der Waals surface area (Å²) >= 11 is 12.9. The molecule has 1 saturated carbocycles. The van der Waals surface area contributed by atoms with Crippen molar-refractivity contribution < 1.29 is 24.2 Å². The van der Waals surface area contributed by atoms with Gasteiger partial charge in [0.15, 0.2) is 0 Å². The molecule has 10 heteroatoms. The molecule has 43 heavy (non-hydrogen) atoms. The molecular formula is C33H43Cl2N3O5. The normalized spacial score (nSPS) is 19.7. The van der Waals surface area contributed by atoms with Crippen LogP contribution in [0.4, 0.5) is 4.79 Å². The van der Waals surface area contributed by atoms with Gasteiger partial charge >= 0.3 is 6.09 Å². The molecule has 4 N–H and O–H groups in total. The zero-order valence-electron chi connectivity index (χ0n) is 24.9. The Kier molecular flexibility index (Phi) is 11.7. The SMILES string of the molecule is CC(C)(c1cccc(Cl)c1)C(OC(=O)NC(CC1CCCCC1)C(=O)NC(CO)CC1CCNC1=O)c1ccccc1Cl. The Bertz CT molecular complexity index is 1270. The quantitative estimate of drug-likeness (QED) is 0.226. The molecule has 1 aliphatic heterocycles. The Labute approximate surface area is 264 Å². The fourth-order valence-corrected chi connectivity index (χ4v) is 6.72. The molecule has 0 aromatic heterocycles. The van der Waals surface area contributed by atoms with Crippen molar-refractivity contribution in [1.29, 1.82) is 0 Å². The van der Waals surface area contributed by atoms with E-state index >= 15 is 0 Å². The van der Waals surface area contributed by atoms with E-state index in [4.69, 9.17) is 27.9 Å². The van der Waals surface area contributed by atoms with E-state index < -0.39 is 35.6 Å². The van der Waals surface area contributed by atoms with Crippen LogP contribution < -0.4 is 16.0 Å². The third kappa shape index (κ3) is 8.87. The van der Waals surface area contributed by atoms with Crippen molar-refractivity contribution in [2.24, 2.45) is 11.8 Å². The second-order valence-corrected chi connectivity index (χ2v) is 13.2. The van der Waals surface area contributed by atoms with Crippen LogP contribution in [-0.2, 0) is 19.7 Å². The number of alkyl carbamates (subject to hydrolysis) is 1. The summed E-state index contributed by atoms with van der Waals surface area (Å²) in [6.45, 7) is 4.19. The maximum Gasteiger partial charge on any atom is 0.408 e. The molecule has 2 fully saturated rings. The zero-order chi connectivity index (χ0) is 31.0. The fourth-order valence-electron chi connectivity index (χ4n) is 6.29. The van der Waals surface area contributed by atoms with E-state index in [1.165, 1.54) is 0 Å². The zero-order valence-corrected chi connectivity index (χ0v) is 26.4. The number of ether oxygens (including phenoxy) is 1. The second-order valence-electron chi connectivity index (χ2n) is 12.4. The number of carbonyl (C=O) groups is 3. The summed E-state index contributed by atoms with van der Waals surface area (Å²) in [7, 11) is 0. The Morgan fingerprint density at radius 1 is 1.02 bits per heavy atom. The fraction of sp³-hybridized carbons (Fsp3) is 0.545. The molecule has 1 heterocycles. The number of hydrogen-bond acceptors (Lipinski definition) is 5. The summed E-state index contributed by atoms with van der Waals surface area (Å²) in [5.41, 5.74) is 0.752. The Balaban J connectivity index is 1.54. The van der Waals surface area contributed by atoms with E-state index in [2.05, 4.69) is 16.0 Å². The molecule has 8 nitrogen and oxygen atoms in total. The van der Waals surface area contributed by atoms with Crippen LogP contribution in [0.1, 0.15) is 82.4 Å². The van der Waals surface area contributed by atoms with Gasteiger partial charge in [0.25, 0.3) is 0 Å². The first-order chi connectivity index (χ1) is 20.6. The molecule has 234 valence electrons. The molecule has 2 aromatic rings. The number of amides is 3. The van der Waals surface area contributed by atoms with Gasteiger partial charge in [0, 0.05) is 33.5 Å². The Hall–Kier alpha value is -2.81. The lowest BCUT2D eigenvalue weighted by molar-refractivity contribution is -0.126. The number of aliphatic hydroxyl groups is 1. The monoisotopic (exact) mass is 631 g/mol. The van der Waals surface area contributed by atoms with Crippen molar-refractivity contribution in [3.05, 3.63) is 69.7 Å². The highest BCUT2D eigenvalue weighted by molar-refractivity contribution is 6.31. The molecule has 0 bridgehead atoms. The van der Waals surface area contributed by atoms with Crippen LogP contribution in [0, 0.1) is 11.8 Å². The van der Waals surface area contributed by atoms with Gasteiger partial charge in [-0.2, -0.15) is 0 Å². The number of aliphatic hydroxyl groups excluding tert-OH is 1. The van der Waals surface area contributed by atoms with Crippen LogP contribution in [0.15, 0.2) is 48.5 Å². The predicted octanol–water partition coefficient (Wildman–Crippen LogP) is 6.08. The number of nitrogens with one attached hydrogen (secondary N) is 3. The smallest absolute Gasteiger partial charge is 0.408 e. The Morgan fingerprint density at radius 3 is 2.42 bits per heavy atom. The minimum absolute atomic E-state index is 0.0684. The van der Waals surface area contributed by atoms with Crippen LogP contribution in [-0.4, -0.2) is 48.2 Å². The van der Waals surface area contributed by atoms with Gasteiger partial charge in [0.1, 0.15) is 12.1 Å². The third-order valence-corrected chi connectivity index (χ3v) is 9.42. The molecule has 1 saturated heterocycles. The minimum atomic E-state index is -0.872. The van der Waals surface area contributed by atoms with Crippen molar-refractivity contribution in [1.82, 2.24) is 16.0 Å². The third-order valence-electron chi connectivity index (χ3n) is 8.84.